The van der Waals surface area contributed by atoms with E-state index in [-0.39, 0.29) is 5.91 Å². The van der Waals surface area contributed by atoms with Crippen LogP contribution < -0.4 is 16.0 Å². The van der Waals surface area contributed by atoms with Crippen molar-refractivity contribution < 1.29 is 9.59 Å². The molecule has 0 spiro atoms. The molecule has 5 heteroatoms. The first-order valence-corrected chi connectivity index (χ1v) is 8.12. The van der Waals surface area contributed by atoms with Crippen LogP contribution in [0.4, 0.5) is 5.69 Å². The highest BCUT2D eigenvalue weighted by Gasteiger charge is 2.21. The molecule has 2 aromatic carbocycles. The molecule has 2 aromatic rings. The van der Waals surface area contributed by atoms with Gasteiger partial charge in [-0.2, -0.15) is 0 Å². The van der Waals surface area contributed by atoms with Crippen molar-refractivity contribution in [2.75, 3.05) is 11.4 Å². The van der Waals surface area contributed by atoms with Gasteiger partial charge < -0.3 is 10.6 Å². The highest BCUT2D eigenvalue weighted by atomic mass is 16.2. The average molecular weight is 323 g/mol. The Morgan fingerprint density at radius 2 is 1.83 bits per heavy atom. The van der Waals surface area contributed by atoms with Crippen LogP contribution in [0.25, 0.3) is 0 Å². The summed E-state index contributed by atoms with van der Waals surface area (Å²) in [6, 6.07) is 16.7. The monoisotopic (exact) mass is 323 g/mol. The van der Waals surface area contributed by atoms with Crippen LogP contribution in [-0.2, 0) is 16.1 Å². The number of nitrogens with two attached hydrogens (primary N) is 1. The zero-order valence-corrected chi connectivity index (χ0v) is 13.4. The molecule has 3 N–H and O–H groups in total. The van der Waals surface area contributed by atoms with Crippen molar-refractivity contribution in [3.63, 3.8) is 0 Å². The predicted octanol–water partition coefficient (Wildman–Crippen LogP) is 2.13. The number of carbonyl (C=O) groups is 2. The largest absolute Gasteiger partial charge is 0.368 e. The number of hydrogen-bond acceptors (Lipinski definition) is 3. The maximum absolute atomic E-state index is 11.8. The summed E-state index contributed by atoms with van der Waals surface area (Å²) in [5.74, 6) is -0.223. The normalized spacial score (nSPS) is 15.5. The van der Waals surface area contributed by atoms with Crippen molar-refractivity contribution in [2.24, 2.45) is 5.73 Å². The lowest BCUT2D eigenvalue weighted by Gasteiger charge is -2.18. The Hall–Kier alpha value is -2.66. The van der Waals surface area contributed by atoms with E-state index in [2.05, 4.69) is 5.32 Å². The molecule has 1 fully saturated rings. The summed E-state index contributed by atoms with van der Waals surface area (Å²) in [4.78, 5) is 25.3. The Morgan fingerprint density at radius 3 is 2.42 bits per heavy atom. The van der Waals surface area contributed by atoms with Gasteiger partial charge in [-0.05, 0) is 29.7 Å². The van der Waals surface area contributed by atoms with Crippen molar-refractivity contribution in [3.8, 4) is 0 Å². The van der Waals surface area contributed by atoms with Gasteiger partial charge in [0.15, 0.2) is 0 Å². The van der Waals surface area contributed by atoms with E-state index >= 15 is 0 Å². The zero-order chi connectivity index (χ0) is 16.9. The molecule has 5 nitrogen and oxygen atoms in total. The van der Waals surface area contributed by atoms with E-state index in [1.54, 1.807) is 0 Å². The molecule has 1 atom stereocenters. The van der Waals surface area contributed by atoms with Gasteiger partial charge in [0.2, 0.25) is 11.8 Å². The topological polar surface area (TPSA) is 75.4 Å². The zero-order valence-electron chi connectivity index (χ0n) is 13.4. The molecular weight excluding hydrogens is 302 g/mol. The van der Waals surface area contributed by atoms with Gasteiger partial charge in [-0.1, -0.05) is 42.5 Å². The molecule has 0 aliphatic carbocycles. The van der Waals surface area contributed by atoms with E-state index in [9.17, 15) is 9.59 Å². The third-order valence-corrected chi connectivity index (χ3v) is 4.25. The van der Waals surface area contributed by atoms with E-state index < -0.39 is 11.9 Å². The van der Waals surface area contributed by atoms with Crippen molar-refractivity contribution in [1.82, 2.24) is 5.32 Å². The molecule has 0 saturated carbocycles. The van der Waals surface area contributed by atoms with Crippen molar-refractivity contribution in [1.29, 1.82) is 0 Å². The third kappa shape index (κ3) is 3.63. The molecule has 124 valence electrons. The molecule has 2 amide bonds. The lowest BCUT2D eigenvalue weighted by Crippen LogP contribution is -2.33. The van der Waals surface area contributed by atoms with Crippen molar-refractivity contribution in [2.45, 2.75) is 25.4 Å². The summed E-state index contributed by atoms with van der Waals surface area (Å²) >= 11 is 0. The number of rotatable bonds is 6. The molecule has 0 bridgehead atoms. The average Bonchev–Trinajstić information content (AvgIpc) is 3.02. The third-order valence-electron chi connectivity index (χ3n) is 4.25. The van der Waals surface area contributed by atoms with Crippen LogP contribution in [0, 0.1) is 0 Å². The lowest BCUT2D eigenvalue weighted by molar-refractivity contribution is -0.120. The number of anilines is 1. The van der Waals surface area contributed by atoms with Crippen LogP contribution in [0.3, 0.4) is 0 Å². The van der Waals surface area contributed by atoms with Gasteiger partial charge in [0.25, 0.3) is 0 Å². The number of hydrogen-bond donors (Lipinski definition) is 2. The van der Waals surface area contributed by atoms with Crippen LogP contribution >= 0.6 is 0 Å². The first-order chi connectivity index (χ1) is 11.6. The second kappa shape index (κ2) is 7.27. The SMILES string of the molecule is NC(=O)[C@@H](NCc1ccc(N2CCCC2=O)cc1)c1ccccc1. The Bertz CT molecular complexity index is 713. The minimum Gasteiger partial charge on any atom is -0.368 e. The van der Waals surface area contributed by atoms with Crippen molar-refractivity contribution >= 4 is 17.5 Å². The second-order valence-electron chi connectivity index (χ2n) is 5.94. The number of primary amides is 1. The van der Waals surface area contributed by atoms with Gasteiger partial charge in [0.05, 0.1) is 0 Å². The van der Waals surface area contributed by atoms with Crippen molar-refractivity contribution in [3.05, 3.63) is 65.7 Å². The molecule has 0 aromatic heterocycles. The maximum atomic E-state index is 11.8. The molecule has 1 saturated heterocycles. The number of benzene rings is 2. The minimum atomic E-state index is -0.522. The Labute approximate surface area is 141 Å². The second-order valence-corrected chi connectivity index (χ2v) is 5.94. The molecule has 1 aliphatic heterocycles. The fourth-order valence-electron chi connectivity index (χ4n) is 2.96. The summed E-state index contributed by atoms with van der Waals surface area (Å²) < 4.78 is 0. The number of carbonyl (C=O) groups excluding carboxylic acids is 2. The smallest absolute Gasteiger partial charge is 0.239 e. The van der Waals surface area contributed by atoms with Gasteiger partial charge in [0, 0.05) is 25.2 Å². The van der Waals surface area contributed by atoms with Gasteiger partial charge in [0.1, 0.15) is 6.04 Å². The number of amides is 2. The lowest BCUT2D eigenvalue weighted by atomic mass is 10.1. The van der Waals surface area contributed by atoms with Gasteiger partial charge in [-0.3, -0.25) is 14.9 Å². The molecule has 0 radical (unpaired) electrons. The van der Waals surface area contributed by atoms with Gasteiger partial charge >= 0.3 is 0 Å². The van der Waals surface area contributed by atoms with Gasteiger partial charge in [-0.15, -0.1) is 0 Å². The Balaban J connectivity index is 1.65. The molecule has 1 heterocycles. The summed E-state index contributed by atoms with van der Waals surface area (Å²) in [5, 5.41) is 3.19. The maximum Gasteiger partial charge on any atom is 0.239 e. The summed E-state index contributed by atoms with van der Waals surface area (Å²) in [6.45, 7) is 1.31. The molecule has 0 unspecified atom stereocenters. The standard InChI is InChI=1S/C19H21N3O2/c20-19(24)18(15-5-2-1-3-6-15)21-13-14-8-10-16(11-9-14)22-12-4-7-17(22)23/h1-3,5-6,8-11,18,21H,4,7,12-13H2,(H2,20,24)/t18-/m0/s1. The number of nitrogens with one attached hydrogen (secondary N) is 1. The van der Waals surface area contributed by atoms with Gasteiger partial charge in [-0.25, -0.2) is 0 Å². The Kier molecular flexibility index (Phi) is 4.91. The molecule has 1 aliphatic rings. The first kappa shape index (κ1) is 16.2. The minimum absolute atomic E-state index is 0.179. The fraction of sp³-hybridized carbons (Fsp3) is 0.263. The van der Waals surface area contributed by atoms with E-state index in [1.165, 1.54) is 0 Å². The summed E-state index contributed by atoms with van der Waals surface area (Å²) in [5.41, 5.74) is 8.32. The first-order valence-electron chi connectivity index (χ1n) is 8.12. The van der Waals surface area contributed by atoms with Crippen LogP contribution in [0.15, 0.2) is 54.6 Å². The highest BCUT2D eigenvalue weighted by molar-refractivity contribution is 5.95. The van der Waals surface area contributed by atoms with E-state index in [0.717, 1.165) is 29.8 Å². The quantitative estimate of drug-likeness (QED) is 0.855. The van der Waals surface area contributed by atoms with E-state index in [1.807, 2.05) is 59.5 Å². The van der Waals surface area contributed by atoms with Crippen LogP contribution in [0.1, 0.15) is 30.0 Å². The Morgan fingerprint density at radius 1 is 1.12 bits per heavy atom. The van der Waals surface area contributed by atoms with Crippen LogP contribution in [0.2, 0.25) is 0 Å². The highest BCUT2D eigenvalue weighted by Crippen LogP contribution is 2.22. The van der Waals surface area contributed by atoms with E-state index in [0.29, 0.717) is 13.0 Å². The van der Waals surface area contributed by atoms with E-state index in [4.69, 9.17) is 5.73 Å². The summed E-state index contributed by atoms with van der Waals surface area (Å²) in [7, 11) is 0. The number of nitrogens with zero attached hydrogens (tertiary/aromatic N) is 1. The molecule has 3 rings (SSSR count). The molecular formula is C19H21N3O2. The molecule has 24 heavy (non-hydrogen) atoms. The summed E-state index contributed by atoms with van der Waals surface area (Å²) in [6.07, 6.45) is 1.54. The van der Waals surface area contributed by atoms with Crippen LogP contribution in [0.5, 0.6) is 0 Å². The predicted molar refractivity (Wildman–Crippen MR) is 93.2 cm³/mol. The van der Waals surface area contributed by atoms with Crippen LogP contribution in [-0.4, -0.2) is 18.4 Å². The fourth-order valence-corrected chi connectivity index (χ4v) is 2.96.